The van der Waals surface area contributed by atoms with Crippen LogP contribution in [0.1, 0.15) is 34.8 Å². The van der Waals surface area contributed by atoms with Crippen LogP contribution in [-0.2, 0) is 6.42 Å². The van der Waals surface area contributed by atoms with E-state index in [4.69, 9.17) is 0 Å². The molecule has 0 spiro atoms. The van der Waals surface area contributed by atoms with Gasteiger partial charge in [0.05, 0.1) is 5.54 Å². The number of hydrogen-bond donors (Lipinski definition) is 0. The van der Waals surface area contributed by atoms with Crippen molar-refractivity contribution >= 4 is 11.5 Å². The molecule has 0 aliphatic rings. The first-order valence-corrected chi connectivity index (χ1v) is 8.86. The Balaban J connectivity index is 2.46. The quantitative estimate of drug-likeness (QED) is 0.707. The van der Waals surface area contributed by atoms with Crippen LogP contribution in [0, 0.1) is 6.92 Å². The van der Waals surface area contributed by atoms with Crippen LogP contribution in [-0.4, -0.2) is 44.4 Å². The average Bonchev–Trinajstić information content (AvgIpc) is 2.59. The second-order valence-corrected chi connectivity index (χ2v) is 7.16. The van der Waals surface area contributed by atoms with Crippen molar-refractivity contribution in [2.45, 2.75) is 32.2 Å². The van der Waals surface area contributed by atoms with Crippen LogP contribution in [0.4, 0.5) is 5.69 Å². The minimum atomic E-state index is -0.536. The van der Waals surface area contributed by atoms with Gasteiger partial charge in [0.25, 0.3) is 0 Å². The number of aryl methyl sites for hydroxylation is 1. The Labute approximate surface area is 152 Å². The smallest absolute Gasteiger partial charge is 0.183 e. The van der Waals surface area contributed by atoms with Crippen molar-refractivity contribution in [2.24, 2.45) is 0 Å². The first-order valence-electron chi connectivity index (χ1n) is 8.86. The zero-order valence-electron chi connectivity index (χ0n) is 16.3. The maximum atomic E-state index is 13.6. The van der Waals surface area contributed by atoms with Gasteiger partial charge in [0.15, 0.2) is 5.78 Å². The van der Waals surface area contributed by atoms with Gasteiger partial charge in [-0.2, -0.15) is 0 Å². The van der Waals surface area contributed by atoms with E-state index >= 15 is 0 Å². The molecule has 2 aromatic rings. The summed E-state index contributed by atoms with van der Waals surface area (Å²) >= 11 is 0. The van der Waals surface area contributed by atoms with Crippen molar-refractivity contribution in [1.82, 2.24) is 4.90 Å². The Morgan fingerprint density at radius 1 is 1.00 bits per heavy atom. The number of nitrogens with zero attached hydrogens (tertiary/aromatic N) is 2. The maximum Gasteiger partial charge on any atom is 0.183 e. The lowest BCUT2D eigenvalue weighted by molar-refractivity contribution is 0.0665. The number of anilines is 1. The molecule has 0 aliphatic heterocycles. The molecule has 2 rings (SSSR count). The molecule has 0 saturated carbocycles. The fraction of sp³-hybridized carbons (Fsp3) is 0.409. The van der Waals surface area contributed by atoms with E-state index < -0.39 is 5.54 Å². The van der Waals surface area contributed by atoms with Gasteiger partial charge in [-0.15, -0.1) is 0 Å². The zero-order valence-corrected chi connectivity index (χ0v) is 16.3. The zero-order chi connectivity index (χ0) is 18.6. The number of benzene rings is 2. The molecule has 1 atom stereocenters. The monoisotopic (exact) mass is 338 g/mol. The Hall–Kier alpha value is -2.13. The molecule has 0 amide bonds. The van der Waals surface area contributed by atoms with Gasteiger partial charge in [0.2, 0.25) is 0 Å². The number of hydrogen-bond acceptors (Lipinski definition) is 3. The topological polar surface area (TPSA) is 23.6 Å². The summed E-state index contributed by atoms with van der Waals surface area (Å²) in [7, 11) is 8.05. The first-order chi connectivity index (χ1) is 11.8. The fourth-order valence-corrected chi connectivity index (χ4v) is 3.41. The van der Waals surface area contributed by atoms with Crippen molar-refractivity contribution in [1.29, 1.82) is 0 Å². The number of carbonyl (C=O) groups is 1. The molecule has 0 fully saturated rings. The molecular formula is C22H30N2O. The molecule has 0 bridgehead atoms. The molecule has 0 saturated heterocycles. The number of rotatable bonds is 7. The SMILES string of the molecule is CCC(Cc1ccccc1)(C(=O)c1ccc(N(C)C)cc1C)N(C)C. The minimum Gasteiger partial charge on any atom is -0.378 e. The van der Waals surface area contributed by atoms with E-state index in [0.717, 1.165) is 23.2 Å². The van der Waals surface area contributed by atoms with Gasteiger partial charge in [-0.1, -0.05) is 37.3 Å². The lowest BCUT2D eigenvalue weighted by Crippen LogP contribution is -2.52. The van der Waals surface area contributed by atoms with Crippen LogP contribution in [0.3, 0.4) is 0 Å². The van der Waals surface area contributed by atoms with Gasteiger partial charge in [-0.25, -0.2) is 0 Å². The van der Waals surface area contributed by atoms with Crippen LogP contribution in [0.5, 0.6) is 0 Å². The summed E-state index contributed by atoms with van der Waals surface area (Å²) in [5.74, 6) is 0.201. The van der Waals surface area contributed by atoms with E-state index in [0.29, 0.717) is 6.42 Å². The summed E-state index contributed by atoms with van der Waals surface area (Å²) in [4.78, 5) is 17.7. The van der Waals surface area contributed by atoms with E-state index in [1.165, 1.54) is 5.56 Å². The van der Waals surface area contributed by atoms with Crippen LogP contribution in [0.15, 0.2) is 48.5 Å². The van der Waals surface area contributed by atoms with Crippen molar-refractivity contribution in [3.63, 3.8) is 0 Å². The molecule has 1 unspecified atom stereocenters. The van der Waals surface area contributed by atoms with Crippen molar-refractivity contribution in [3.8, 4) is 0 Å². The summed E-state index contributed by atoms with van der Waals surface area (Å²) in [6, 6.07) is 16.4. The van der Waals surface area contributed by atoms with Crippen molar-refractivity contribution in [2.75, 3.05) is 33.1 Å². The standard InChI is InChI=1S/C22H30N2O/c1-7-22(24(5)6,16-18-11-9-8-10-12-18)21(25)20-14-13-19(23(3)4)15-17(20)2/h8-15H,7,16H2,1-6H3. The van der Waals surface area contributed by atoms with Gasteiger partial charge in [-0.05, 0) is 63.2 Å². The number of likely N-dealkylation sites (N-methyl/N-ethyl adjacent to an activating group) is 1. The van der Waals surface area contributed by atoms with Gasteiger partial charge in [-0.3, -0.25) is 9.69 Å². The molecule has 3 heteroatoms. The lowest BCUT2D eigenvalue weighted by Gasteiger charge is -2.38. The molecule has 3 nitrogen and oxygen atoms in total. The molecule has 134 valence electrons. The van der Waals surface area contributed by atoms with Gasteiger partial charge in [0, 0.05) is 25.3 Å². The van der Waals surface area contributed by atoms with Crippen molar-refractivity contribution < 1.29 is 4.79 Å². The molecule has 0 radical (unpaired) electrons. The molecule has 2 aromatic carbocycles. The highest BCUT2D eigenvalue weighted by atomic mass is 16.1. The molecule has 0 aromatic heterocycles. The summed E-state index contributed by atoms with van der Waals surface area (Å²) in [5, 5.41) is 0. The number of Topliss-reactive ketones (excluding diaryl/α,β-unsaturated/α-hetero) is 1. The van der Waals surface area contributed by atoms with Crippen LogP contribution in [0.2, 0.25) is 0 Å². The fourth-order valence-electron chi connectivity index (χ4n) is 3.41. The predicted molar refractivity (Wildman–Crippen MR) is 107 cm³/mol. The second kappa shape index (κ2) is 7.83. The third-order valence-corrected chi connectivity index (χ3v) is 5.17. The Morgan fingerprint density at radius 3 is 2.12 bits per heavy atom. The third-order valence-electron chi connectivity index (χ3n) is 5.17. The molecule has 0 aliphatic carbocycles. The predicted octanol–water partition coefficient (Wildman–Crippen LogP) is 4.20. The van der Waals surface area contributed by atoms with E-state index in [-0.39, 0.29) is 5.78 Å². The van der Waals surface area contributed by atoms with Gasteiger partial charge >= 0.3 is 0 Å². The minimum absolute atomic E-state index is 0.201. The second-order valence-electron chi connectivity index (χ2n) is 7.16. The summed E-state index contributed by atoms with van der Waals surface area (Å²) in [6.45, 7) is 4.13. The Bertz CT molecular complexity index is 722. The van der Waals surface area contributed by atoms with Crippen LogP contribution < -0.4 is 4.90 Å². The van der Waals surface area contributed by atoms with Gasteiger partial charge in [0.1, 0.15) is 0 Å². The molecule has 0 heterocycles. The van der Waals surface area contributed by atoms with E-state index in [9.17, 15) is 4.79 Å². The molecule has 0 N–H and O–H groups in total. The highest BCUT2D eigenvalue weighted by Crippen LogP contribution is 2.30. The summed E-state index contributed by atoms with van der Waals surface area (Å²) < 4.78 is 0. The maximum absolute atomic E-state index is 13.6. The van der Waals surface area contributed by atoms with Crippen molar-refractivity contribution in [3.05, 3.63) is 65.2 Å². The largest absolute Gasteiger partial charge is 0.378 e. The van der Waals surface area contributed by atoms with E-state index in [1.54, 1.807) is 0 Å². The van der Waals surface area contributed by atoms with Gasteiger partial charge < -0.3 is 4.90 Å². The van der Waals surface area contributed by atoms with E-state index in [1.807, 2.05) is 65.4 Å². The lowest BCUT2D eigenvalue weighted by atomic mass is 9.79. The number of carbonyl (C=O) groups excluding carboxylic acids is 1. The highest BCUT2D eigenvalue weighted by Gasteiger charge is 2.40. The highest BCUT2D eigenvalue weighted by molar-refractivity contribution is 6.04. The first kappa shape index (κ1) is 19.2. The molecule has 25 heavy (non-hydrogen) atoms. The van der Waals surface area contributed by atoms with Crippen LogP contribution in [0.25, 0.3) is 0 Å². The average molecular weight is 338 g/mol. The Kier molecular flexibility index (Phi) is 6.02. The number of ketones is 1. The molecular weight excluding hydrogens is 308 g/mol. The summed E-state index contributed by atoms with van der Waals surface area (Å²) in [6.07, 6.45) is 1.48. The Morgan fingerprint density at radius 2 is 1.64 bits per heavy atom. The normalized spacial score (nSPS) is 13.6. The third kappa shape index (κ3) is 3.93. The van der Waals surface area contributed by atoms with E-state index in [2.05, 4.69) is 34.9 Å². The van der Waals surface area contributed by atoms with Crippen LogP contribution >= 0.6 is 0 Å². The summed E-state index contributed by atoms with van der Waals surface area (Å²) in [5.41, 5.74) is 3.62.